The minimum atomic E-state index is -0.513. The fraction of sp³-hybridized carbons (Fsp3) is 0.219. The lowest BCUT2D eigenvalue weighted by molar-refractivity contribution is 0.0234. The molecule has 4 aromatic carbocycles. The number of rotatable bonds is 9. The first-order valence-corrected chi connectivity index (χ1v) is 13.2. The highest BCUT2D eigenvalue weighted by molar-refractivity contribution is 5.95. The van der Waals surface area contributed by atoms with Gasteiger partial charge in [-0.25, -0.2) is 9.48 Å². The van der Waals surface area contributed by atoms with Gasteiger partial charge >= 0.3 is 5.97 Å². The zero-order valence-electron chi connectivity index (χ0n) is 22.1. The molecule has 0 spiro atoms. The van der Waals surface area contributed by atoms with Gasteiger partial charge < -0.3 is 19.3 Å². The van der Waals surface area contributed by atoms with Crippen molar-refractivity contribution in [1.82, 2.24) is 15.0 Å². The Morgan fingerprint density at radius 2 is 1.85 bits per heavy atom. The second-order valence-corrected chi connectivity index (χ2v) is 9.93. The van der Waals surface area contributed by atoms with Crippen LogP contribution in [-0.4, -0.2) is 39.3 Å². The fourth-order valence-electron chi connectivity index (χ4n) is 5.16. The van der Waals surface area contributed by atoms with Crippen LogP contribution < -0.4 is 9.47 Å². The van der Waals surface area contributed by atoms with Crippen LogP contribution in [0.5, 0.6) is 17.2 Å². The highest BCUT2D eigenvalue weighted by atomic mass is 16.5. The molecule has 5 aromatic rings. The van der Waals surface area contributed by atoms with E-state index in [9.17, 15) is 9.90 Å². The number of carbonyl (C=O) groups excluding carboxylic acids is 1. The average Bonchev–Trinajstić information content (AvgIpc) is 3.42. The van der Waals surface area contributed by atoms with Crippen molar-refractivity contribution in [2.45, 2.75) is 38.5 Å². The van der Waals surface area contributed by atoms with Crippen molar-refractivity contribution in [3.8, 4) is 17.2 Å². The molecule has 1 aliphatic heterocycles. The van der Waals surface area contributed by atoms with Crippen molar-refractivity contribution in [2.75, 3.05) is 7.11 Å². The number of nitrogens with zero attached hydrogens (tertiary/aromatic N) is 3. The van der Waals surface area contributed by atoms with Crippen molar-refractivity contribution in [3.63, 3.8) is 0 Å². The Kier molecular flexibility index (Phi) is 7.06. The predicted octanol–water partition coefficient (Wildman–Crippen LogP) is 5.49. The van der Waals surface area contributed by atoms with Crippen molar-refractivity contribution in [1.29, 1.82) is 0 Å². The number of aromatic nitrogens is 3. The maximum atomic E-state index is 12.7. The summed E-state index contributed by atoms with van der Waals surface area (Å²) in [5, 5.41) is 21.5. The van der Waals surface area contributed by atoms with E-state index in [1.807, 2.05) is 48.7 Å². The van der Waals surface area contributed by atoms with E-state index in [4.69, 9.17) is 14.2 Å². The van der Waals surface area contributed by atoms with E-state index in [2.05, 4.69) is 34.6 Å². The first-order chi connectivity index (χ1) is 19.6. The summed E-state index contributed by atoms with van der Waals surface area (Å²) < 4.78 is 18.6. The van der Waals surface area contributed by atoms with E-state index >= 15 is 0 Å². The van der Waals surface area contributed by atoms with E-state index in [1.165, 1.54) is 16.8 Å². The molecule has 1 aromatic heterocycles. The third kappa shape index (κ3) is 5.47. The van der Waals surface area contributed by atoms with Crippen molar-refractivity contribution < 1.29 is 24.1 Å². The third-order valence-electron chi connectivity index (χ3n) is 7.20. The Hall–Kier alpha value is -4.85. The number of cyclic esters (lactones) is 1. The second-order valence-electron chi connectivity index (χ2n) is 9.93. The summed E-state index contributed by atoms with van der Waals surface area (Å²) in [7, 11) is 1.64. The van der Waals surface area contributed by atoms with Gasteiger partial charge in [0.25, 0.3) is 0 Å². The number of carbonyl (C=O) groups is 1. The first-order valence-electron chi connectivity index (χ1n) is 13.2. The standard InChI is InChI=1S/C32H29N3O5/c1-38-26-12-9-21(10-13-26)11-14-27-15-24-16-28(17-30(36)31(24)32(37)40-27)39-20-25-19-35(34-33-25)18-23-7-4-6-22-5-2-3-8-29(22)23/h2-10,12-13,16-17,19,27,36H,11,14-15,18,20H2,1H3. The van der Waals surface area contributed by atoms with Gasteiger partial charge in [-0.2, -0.15) is 0 Å². The van der Waals surface area contributed by atoms with Gasteiger partial charge in [-0.05, 0) is 58.5 Å². The van der Waals surface area contributed by atoms with Crippen LogP contribution in [0, 0.1) is 0 Å². The minimum Gasteiger partial charge on any atom is -0.507 e. The van der Waals surface area contributed by atoms with Crippen molar-refractivity contribution in [3.05, 3.63) is 113 Å². The summed E-state index contributed by atoms with van der Waals surface area (Å²) in [5.41, 5.74) is 3.87. The molecule has 2 heterocycles. The van der Waals surface area contributed by atoms with Crippen LogP contribution in [0.2, 0.25) is 0 Å². The monoisotopic (exact) mass is 535 g/mol. The number of aryl methyl sites for hydroxylation is 1. The Balaban J connectivity index is 1.10. The van der Waals surface area contributed by atoms with Crippen LogP contribution in [0.15, 0.2) is 85.1 Å². The summed E-state index contributed by atoms with van der Waals surface area (Å²) in [6.07, 6.45) is 3.50. The van der Waals surface area contributed by atoms with Crippen LogP contribution in [0.3, 0.4) is 0 Å². The summed E-state index contributed by atoms with van der Waals surface area (Å²) >= 11 is 0. The number of benzene rings is 4. The molecule has 8 nitrogen and oxygen atoms in total. The molecule has 0 saturated heterocycles. The number of esters is 1. The van der Waals surface area contributed by atoms with E-state index in [0.29, 0.717) is 36.4 Å². The normalized spacial score (nSPS) is 14.5. The van der Waals surface area contributed by atoms with Crippen LogP contribution in [0.1, 0.15) is 39.2 Å². The van der Waals surface area contributed by atoms with Crippen LogP contribution >= 0.6 is 0 Å². The predicted molar refractivity (Wildman–Crippen MR) is 150 cm³/mol. The number of phenols is 1. The fourth-order valence-corrected chi connectivity index (χ4v) is 5.16. The van der Waals surface area contributed by atoms with Gasteiger partial charge in [0.15, 0.2) is 0 Å². The Morgan fingerprint density at radius 1 is 1.02 bits per heavy atom. The summed E-state index contributed by atoms with van der Waals surface area (Å²) in [4.78, 5) is 12.7. The summed E-state index contributed by atoms with van der Waals surface area (Å²) in [5.74, 6) is 0.604. The van der Waals surface area contributed by atoms with E-state index < -0.39 is 5.97 Å². The molecule has 0 aliphatic carbocycles. The lowest BCUT2D eigenvalue weighted by atomic mass is 9.94. The Morgan fingerprint density at radius 3 is 2.70 bits per heavy atom. The molecule has 1 atom stereocenters. The quantitative estimate of drug-likeness (QED) is 0.250. The molecule has 0 radical (unpaired) electrons. The van der Waals surface area contributed by atoms with Gasteiger partial charge in [0.2, 0.25) is 0 Å². The average molecular weight is 536 g/mol. The van der Waals surface area contributed by atoms with Crippen LogP contribution in [0.25, 0.3) is 10.8 Å². The topological polar surface area (TPSA) is 95.7 Å². The molecule has 40 heavy (non-hydrogen) atoms. The summed E-state index contributed by atoms with van der Waals surface area (Å²) in [6, 6.07) is 25.6. The Labute approximate surface area is 231 Å². The smallest absolute Gasteiger partial charge is 0.342 e. The molecule has 0 fully saturated rings. The largest absolute Gasteiger partial charge is 0.507 e. The molecule has 1 aliphatic rings. The van der Waals surface area contributed by atoms with Gasteiger partial charge in [-0.15, -0.1) is 5.10 Å². The molecular weight excluding hydrogens is 506 g/mol. The zero-order chi connectivity index (χ0) is 27.5. The Bertz CT molecular complexity index is 1660. The highest BCUT2D eigenvalue weighted by Gasteiger charge is 2.29. The molecule has 202 valence electrons. The molecule has 0 bridgehead atoms. The van der Waals surface area contributed by atoms with E-state index in [1.54, 1.807) is 17.9 Å². The number of methoxy groups -OCH3 is 1. The summed E-state index contributed by atoms with van der Waals surface area (Å²) in [6.45, 7) is 0.771. The molecule has 1 unspecified atom stereocenters. The molecular formula is C32H29N3O5. The molecule has 8 heteroatoms. The molecule has 0 saturated carbocycles. The number of fused-ring (bicyclic) bond motifs is 2. The van der Waals surface area contributed by atoms with Gasteiger partial charge in [0.05, 0.1) is 19.9 Å². The maximum Gasteiger partial charge on any atom is 0.342 e. The lowest BCUT2D eigenvalue weighted by Gasteiger charge is -2.25. The highest BCUT2D eigenvalue weighted by Crippen LogP contribution is 2.34. The van der Waals surface area contributed by atoms with E-state index in [0.717, 1.165) is 23.3 Å². The number of hydrogen-bond donors (Lipinski definition) is 1. The van der Waals surface area contributed by atoms with Crippen LogP contribution in [-0.2, 0) is 30.7 Å². The van der Waals surface area contributed by atoms with Gasteiger partial charge in [0.1, 0.15) is 41.2 Å². The first kappa shape index (κ1) is 25.4. The maximum absolute atomic E-state index is 12.7. The third-order valence-corrected chi connectivity index (χ3v) is 7.20. The molecule has 0 amide bonds. The second kappa shape index (κ2) is 11.1. The van der Waals surface area contributed by atoms with Gasteiger partial charge in [-0.1, -0.05) is 59.8 Å². The number of ether oxygens (including phenoxy) is 3. The zero-order valence-corrected chi connectivity index (χ0v) is 22.1. The van der Waals surface area contributed by atoms with Crippen molar-refractivity contribution >= 4 is 16.7 Å². The number of phenolic OH excluding ortho intramolecular Hbond substituents is 1. The lowest BCUT2D eigenvalue weighted by Crippen LogP contribution is -2.28. The van der Waals surface area contributed by atoms with E-state index in [-0.39, 0.29) is 24.0 Å². The number of aromatic hydroxyl groups is 1. The van der Waals surface area contributed by atoms with Gasteiger partial charge in [-0.3, -0.25) is 0 Å². The van der Waals surface area contributed by atoms with Crippen molar-refractivity contribution in [2.24, 2.45) is 0 Å². The van der Waals surface area contributed by atoms with Crippen LogP contribution in [0.4, 0.5) is 0 Å². The molecule has 1 N–H and O–H groups in total. The minimum absolute atomic E-state index is 0.147. The van der Waals surface area contributed by atoms with Gasteiger partial charge in [0, 0.05) is 12.5 Å². The number of hydrogen-bond acceptors (Lipinski definition) is 7. The molecule has 6 rings (SSSR count). The SMILES string of the molecule is COc1ccc(CCC2Cc3cc(OCc4cn(Cc5cccc6ccccc56)nn4)cc(O)c3C(=O)O2)cc1.